The average molecular weight is 271 g/mol. The Morgan fingerprint density at radius 3 is 2.39 bits per heavy atom. The lowest BCUT2D eigenvalue weighted by Crippen LogP contribution is -2.29. The van der Waals surface area contributed by atoms with Gasteiger partial charge in [-0.15, -0.1) is 12.4 Å². The summed E-state index contributed by atoms with van der Waals surface area (Å²) < 4.78 is 0. The lowest BCUT2D eigenvalue weighted by atomic mass is 10.0. The molecule has 1 amide bonds. The van der Waals surface area contributed by atoms with Crippen LogP contribution in [-0.2, 0) is 4.79 Å². The fraction of sp³-hybridized carbons (Fsp3) is 0.500. The molecule has 1 atom stereocenters. The van der Waals surface area contributed by atoms with Crippen molar-refractivity contribution in [2.45, 2.75) is 26.7 Å². The zero-order valence-corrected chi connectivity index (χ0v) is 12.3. The van der Waals surface area contributed by atoms with Crippen molar-refractivity contribution < 1.29 is 4.79 Å². The molecule has 0 saturated carbocycles. The van der Waals surface area contributed by atoms with E-state index in [4.69, 9.17) is 0 Å². The molecule has 18 heavy (non-hydrogen) atoms. The maximum absolute atomic E-state index is 11.9. The van der Waals surface area contributed by atoms with Crippen LogP contribution in [0, 0.1) is 5.92 Å². The predicted octanol–water partition coefficient (Wildman–Crippen LogP) is 3.03. The summed E-state index contributed by atoms with van der Waals surface area (Å²) in [6.45, 7) is 6.86. The molecule has 1 rings (SSSR count). The fourth-order valence-corrected chi connectivity index (χ4v) is 1.77. The smallest absolute Gasteiger partial charge is 0.228 e. The molecule has 0 fully saturated rings. The number of halogens is 1. The van der Waals surface area contributed by atoms with Crippen LogP contribution in [0.25, 0.3) is 0 Å². The van der Waals surface area contributed by atoms with Crippen molar-refractivity contribution in [3.63, 3.8) is 0 Å². The number of amides is 1. The minimum Gasteiger partial charge on any atom is -0.326 e. The summed E-state index contributed by atoms with van der Waals surface area (Å²) in [5.74, 6) is 0.443. The van der Waals surface area contributed by atoms with Crippen LogP contribution in [0.1, 0.15) is 32.3 Å². The van der Waals surface area contributed by atoms with Gasteiger partial charge in [-0.1, -0.05) is 39.0 Å². The van der Waals surface area contributed by atoms with Gasteiger partial charge < -0.3 is 10.6 Å². The number of carbonyl (C=O) groups excluding carboxylic acids is 1. The molecule has 1 aromatic carbocycles. The first-order chi connectivity index (χ1) is 8.06. The molecule has 4 heteroatoms. The van der Waals surface area contributed by atoms with Gasteiger partial charge in [0.1, 0.15) is 0 Å². The van der Waals surface area contributed by atoms with E-state index in [1.807, 2.05) is 32.2 Å². The predicted molar refractivity (Wildman–Crippen MR) is 79.5 cm³/mol. The summed E-state index contributed by atoms with van der Waals surface area (Å²) in [5.41, 5.74) is 2.10. The summed E-state index contributed by atoms with van der Waals surface area (Å²) >= 11 is 0. The summed E-state index contributed by atoms with van der Waals surface area (Å²) in [7, 11) is 1.85. The molecule has 0 aromatic heterocycles. The van der Waals surface area contributed by atoms with E-state index >= 15 is 0 Å². The maximum Gasteiger partial charge on any atom is 0.228 e. The number of carbonyl (C=O) groups is 1. The second-order valence-corrected chi connectivity index (χ2v) is 4.69. The quantitative estimate of drug-likeness (QED) is 0.864. The molecule has 1 unspecified atom stereocenters. The minimum atomic E-state index is -0.0276. The SMILES string of the molecule is CNCC(C)C(=O)Nc1ccccc1C(C)C.Cl. The highest BCUT2D eigenvalue weighted by Gasteiger charge is 2.14. The number of anilines is 1. The summed E-state index contributed by atoms with van der Waals surface area (Å²) in [6, 6.07) is 7.97. The van der Waals surface area contributed by atoms with Crippen LogP contribution < -0.4 is 10.6 Å². The van der Waals surface area contributed by atoms with Gasteiger partial charge in [-0.05, 0) is 24.6 Å². The summed E-state index contributed by atoms with van der Waals surface area (Å²) in [5, 5.41) is 6.01. The molecule has 2 N–H and O–H groups in total. The molecule has 0 aliphatic rings. The summed E-state index contributed by atoms with van der Waals surface area (Å²) in [4.78, 5) is 11.9. The van der Waals surface area contributed by atoms with Gasteiger partial charge in [0, 0.05) is 18.2 Å². The van der Waals surface area contributed by atoms with Crippen LogP contribution in [0.15, 0.2) is 24.3 Å². The Labute approximate surface area is 116 Å². The molecule has 0 aliphatic heterocycles. The normalized spacial score (nSPS) is 11.8. The van der Waals surface area contributed by atoms with Crippen molar-refractivity contribution in [2.24, 2.45) is 5.92 Å². The number of nitrogens with one attached hydrogen (secondary N) is 2. The van der Waals surface area contributed by atoms with Crippen molar-refractivity contribution in [1.82, 2.24) is 5.32 Å². The second kappa shape index (κ2) is 8.11. The molecule has 0 heterocycles. The van der Waals surface area contributed by atoms with Gasteiger partial charge in [0.05, 0.1) is 0 Å². The Balaban J connectivity index is 0.00000289. The molecular formula is C14H23ClN2O. The van der Waals surface area contributed by atoms with Crippen LogP contribution in [0.4, 0.5) is 5.69 Å². The van der Waals surface area contributed by atoms with E-state index in [2.05, 4.69) is 30.5 Å². The molecular weight excluding hydrogens is 248 g/mol. The highest BCUT2D eigenvalue weighted by molar-refractivity contribution is 5.93. The number of hydrogen-bond donors (Lipinski definition) is 2. The van der Waals surface area contributed by atoms with E-state index in [1.165, 1.54) is 5.56 Å². The maximum atomic E-state index is 11.9. The van der Waals surface area contributed by atoms with Crippen LogP contribution in [0.2, 0.25) is 0 Å². The second-order valence-electron chi connectivity index (χ2n) is 4.69. The first kappa shape index (κ1) is 16.9. The largest absolute Gasteiger partial charge is 0.326 e. The van der Waals surface area contributed by atoms with Crippen LogP contribution in [-0.4, -0.2) is 19.5 Å². The van der Waals surface area contributed by atoms with Gasteiger partial charge in [0.25, 0.3) is 0 Å². The van der Waals surface area contributed by atoms with Crippen molar-refractivity contribution in [1.29, 1.82) is 0 Å². The molecule has 102 valence electrons. The average Bonchev–Trinajstić information content (AvgIpc) is 2.29. The minimum absolute atomic E-state index is 0. The first-order valence-electron chi connectivity index (χ1n) is 6.10. The van der Waals surface area contributed by atoms with E-state index in [-0.39, 0.29) is 24.2 Å². The Morgan fingerprint density at radius 2 is 1.83 bits per heavy atom. The topological polar surface area (TPSA) is 41.1 Å². The van der Waals surface area contributed by atoms with Gasteiger partial charge in [0.2, 0.25) is 5.91 Å². The number of benzene rings is 1. The molecule has 0 radical (unpaired) electrons. The van der Waals surface area contributed by atoms with Gasteiger partial charge in [-0.3, -0.25) is 4.79 Å². The standard InChI is InChI=1S/C14H22N2O.ClH/c1-10(2)12-7-5-6-8-13(12)16-14(17)11(3)9-15-4;/h5-8,10-11,15H,9H2,1-4H3,(H,16,17);1H. The Morgan fingerprint density at radius 1 is 1.22 bits per heavy atom. The zero-order valence-electron chi connectivity index (χ0n) is 11.5. The highest BCUT2D eigenvalue weighted by Crippen LogP contribution is 2.23. The van der Waals surface area contributed by atoms with Crippen LogP contribution in [0.3, 0.4) is 0 Å². The molecule has 0 bridgehead atoms. The summed E-state index contributed by atoms with van der Waals surface area (Å²) in [6.07, 6.45) is 0. The van der Waals surface area contributed by atoms with E-state index in [0.717, 1.165) is 5.69 Å². The van der Waals surface area contributed by atoms with Crippen molar-refractivity contribution in [3.05, 3.63) is 29.8 Å². The molecule has 3 nitrogen and oxygen atoms in total. The first-order valence-corrected chi connectivity index (χ1v) is 6.10. The van der Waals surface area contributed by atoms with Gasteiger partial charge in [-0.2, -0.15) is 0 Å². The molecule has 0 aliphatic carbocycles. The highest BCUT2D eigenvalue weighted by atomic mass is 35.5. The van der Waals surface area contributed by atoms with Gasteiger partial charge in [0.15, 0.2) is 0 Å². The zero-order chi connectivity index (χ0) is 12.8. The lowest BCUT2D eigenvalue weighted by Gasteiger charge is -2.16. The number of rotatable bonds is 5. The monoisotopic (exact) mass is 270 g/mol. The molecule has 0 saturated heterocycles. The van der Waals surface area contributed by atoms with Crippen LogP contribution >= 0.6 is 12.4 Å². The fourth-order valence-electron chi connectivity index (χ4n) is 1.77. The Bertz CT molecular complexity index is 380. The third kappa shape index (κ3) is 4.67. The van der Waals surface area contributed by atoms with E-state index in [9.17, 15) is 4.79 Å². The Hall–Kier alpha value is -1.06. The molecule has 1 aromatic rings. The third-order valence-corrected chi connectivity index (χ3v) is 2.80. The third-order valence-electron chi connectivity index (χ3n) is 2.80. The Kier molecular flexibility index (Phi) is 7.64. The van der Waals surface area contributed by atoms with Crippen molar-refractivity contribution >= 4 is 24.0 Å². The van der Waals surface area contributed by atoms with E-state index < -0.39 is 0 Å². The van der Waals surface area contributed by atoms with Gasteiger partial charge >= 0.3 is 0 Å². The van der Waals surface area contributed by atoms with Gasteiger partial charge in [-0.25, -0.2) is 0 Å². The van der Waals surface area contributed by atoms with E-state index in [0.29, 0.717) is 12.5 Å². The van der Waals surface area contributed by atoms with Crippen LogP contribution in [0.5, 0.6) is 0 Å². The number of hydrogen-bond acceptors (Lipinski definition) is 2. The lowest BCUT2D eigenvalue weighted by molar-refractivity contribution is -0.119. The van der Waals surface area contributed by atoms with Crippen molar-refractivity contribution in [2.75, 3.05) is 18.9 Å². The van der Waals surface area contributed by atoms with Crippen molar-refractivity contribution in [3.8, 4) is 0 Å². The molecule has 0 spiro atoms. The number of para-hydroxylation sites is 1. The van der Waals surface area contributed by atoms with E-state index in [1.54, 1.807) is 0 Å².